The molecule has 2 aromatic rings. The summed E-state index contributed by atoms with van der Waals surface area (Å²) < 4.78 is 17.1. The minimum Gasteiger partial charge on any atom is -0.493 e. The summed E-state index contributed by atoms with van der Waals surface area (Å²) in [6, 6.07) is 5.75. The van der Waals surface area contributed by atoms with Crippen LogP contribution in [0.25, 0.3) is 11.1 Å². The third kappa shape index (κ3) is 5.17. The molecule has 0 unspecified atom stereocenters. The SMILES string of the molecule is COc1ccc(-c2c(N)n[nH]c2C)cc1OCC1CCN(C(=O)OC(C)(C)C)CC1. The van der Waals surface area contributed by atoms with E-state index in [4.69, 9.17) is 19.9 Å². The largest absolute Gasteiger partial charge is 0.493 e. The molecule has 30 heavy (non-hydrogen) atoms. The van der Waals surface area contributed by atoms with Gasteiger partial charge in [0.2, 0.25) is 0 Å². The van der Waals surface area contributed by atoms with Crippen LogP contribution in [0, 0.1) is 12.8 Å². The molecule has 2 heterocycles. The van der Waals surface area contributed by atoms with E-state index in [-0.39, 0.29) is 6.09 Å². The summed E-state index contributed by atoms with van der Waals surface area (Å²) in [6.45, 7) is 9.47. The van der Waals surface area contributed by atoms with Gasteiger partial charge in [-0.25, -0.2) is 4.79 Å². The monoisotopic (exact) mass is 416 g/mol. The van der Waals surface area contributed by atoms with Crippen LogP contribution in [0.2, 0.25) is 0 Å². The maximum Gasteiger partial charge on any atom is 0.410 e. The predicted molar refractivity (Wildman–Crippen MR) is 116 cm³/mol. The maximum atomic E-state index is 12.2. The Hall–Kier alpha value is -2.90. The lowest BCUT2D eigenvalue weighted by molar-refractivity contribution is 0.0164. The van der Waals surface area contributed by atoms with E-state index in [9.17, 15) is 4.79 Å². The Morgan fingerprint density at radius 1 is 1.27 bits per heavy atom. The molecule has 0 radical (unpaired) electrons. The van der Waals surface area contributed by atoms with Crippen molar-refractivity contribution in [3.63, 3.8) is 0 Å². The number of benzene rings is 1. The highest BCUT2D eigenvalue weighted by Crippen LogP contribution is 2.36. The van der Waals surface area contributed by atoms with Crippen molar-refractivity contribution in [2.75, 3.05) is 32.5 Å². The molecule has 0 bridgehead atoms. The number of nitrogens with one attached hydrogen (secondary N) is 1. The van der Waals surface area contributed by atoms with Gasteiger partial charge in [0.25, 0.3) is 0 Å². The second-order valence-electron chi connectivity index (χ2n) is 8.70. The van der Waals surface area contributed by atoms with Gasteiger partial charge in [-0.3, -0.25) is 5.10 Å². The van der Waals surface area contributed by atoms with Crippen molar-refractivity contribution < 1.29 is 19.0 Å². The van der Waals surface area contributed by atoms with Crippen LogP contribution in [0.15, 0.2) is 18.2 Å². The Morgan fingerprint density at radius 2 is 1.97 bits per heavy atom. The summed E-state index contributed by atoms with van der Waals surface area (Å²) in [4.78, 5) is 14.0. The van der Waals surface area contributed by atoms with E-state index >= 15 is 0 Å². The normalized spacial score (nSPS) is 15.2. The summed E-state index contributed by atoms with van der Waals surface area (Å²) >= 11 is 0. The number of amides is 1. The first-order valence-corrected chi connectivity index (χ1v) is 10.3. The number of methoxy groups -OCH3 is 1. The number of nitrogens with two attached hydrogens (primary N) is 1. The molecule has 1 aliphatic heterocycles. The average molecular weight is 417 g/mol. The van der Waals surface area contributed by atoms with Gasteiger partial charge in [-0.1, -0.05) is 6.07 Å². The van der Waals surface area contributed by atoms with E-state index < -0.39 is 5.60 Å². The Bertz CT molecular complexity index is 860. The standard InChI is InChI=1S/C22H32N4O4/c1-14-19(20(23)25-24-14)16-6-7-17(28-5)18(12-16)29-13-15-8-10-26(11-9-15)21(27)30-22(2,3)4/h6-7,12,15H,8-11,13H2,1-5H3,(H3,23,24,25). The van der Waals surface area contributed by atoms with E-state index in [1.54, 1.807) is 12.0 Å². The van der Waals surface area contributed by atoms with Crippen LogP contribution < -0.4 is 15.2 Å². The number of aromatic nitrogens is 2. The fourth-order valence-corrected chi connectivity index (χ4v) is 3.57. The Balaban J connectivity index is 1.61. The topological polar surface area (TPSA) is 103 Å². The minimum atomic E-state index is -0.477. The number of hydrogen-bond donors (Lipinski definition) is 2. The highest BCUT2D eigenvalue weighted by Gasteiger charge is 2.27. The van der Waals surface area contributed by atoms with Crippen LogP contribution in [0.1, 0.15) is 39.3 Å². The minimum absolute atomic E-state index is 0.246. The first-order chi connectivity index (χ1) is 14.2. The molecule has 0 aliphatic carbocycles. The van der Waals surface area contributed by atoms with Crippen LogP contribution in [-0.4, -0.2) is 53.6 Å². The third-order valence-electron chi connectivity index (χ3n) is 5.17. The van der Waals surface area contributed by atoms with E-state index in [1.165, 1.54) is 0 Å². The van der Waals surface area contributed by atoms with Gasteiger partial charge in [0.15, 0.2) is 17.3 Å². The molecule has 0 saturated carbocycles. The molecule has 8 heteroatoms. The van der Waals surface area contributed by atoms with Gasteiger partial charge < -0.3 is 24.8 Å². The first kappa shape index (κ1) is 21.8. The van der Waals surface area contributed by atoms with E-state index in [2.05, 4.69) is 10.2 Å². The quantitative estimate of drug-likeness (QED) is 0.764. The molecule has 0 spiro atoms. The second kappa shape index (κ2) is 8.85. The van der Waals surface area contributed by atoms with Crippen molar-refractivity contribution in [2.45, 2.75) is 46.1 Å². The lowest BCUT2D eigenvalue weighted by Gasteiger charge is -2.33. The van der Waals surface area contributed by atoms with Gasteiger partial charge in [-0.2, -0.15) is 5.10 Å². The van der Waals surface area contributed by atoms with Crippen molar-refractivity contribution in [2.24, 2.45) is 5.92 Å². The molecule has 1 aromatic carbocycles. The molecule has 0 atom stereocenters. The number of nitrogen functional groups attached to an aromatic ring is 1. The number of likely N-dealkylation sites (tertiary alicyclic amines) is 1. The Morgan fingerprint density at radius 3 is 2.53 bits per heavy atom. The number of carbonyl (C=O) groups excluding carboxylic acids is 1. The first-order valence-electron chi connectivity index (χ1n) is 10.3. The highest BCUT2D eigenvalue weighted by atomic mass is 16.6. The molecule has 1 aromatic heterocycles. The van der Waals surface area contributed by atoms with E-state index in [0.29, 0.717) is 42.9 Å². The lowest BCUT2D eigenvalue weighted by Crippen LogP contribution is -2.42. The van der Waals surface area contributed by atoms with Gasteiger partial charge in [0.1, 0.15) is 5.60 Å². The number of anilines is 1. The highest BCUT2D eigenvalue weighted by molar-refractivity contribution is 5.77. The maximum absolute atomic E-state index is 12.2. The molecule has 8 nitrogen and oxygen atoms in total. The summed E-state index contributed by atoms with van der Waals surface area (Å²) in [5, 5.41) is 6.97. The number of ether oxygens (including phenoxy) is 3. The van der Waals surface area contributed by atoms with Gasteiger partial charge in [-0.15, -0.1) is 0 Å². The molecule has 164 valence electrons. The van der Waals surface area contributed by atoms with Gasteiger partial charge in [0.05, 0.1) is 13.7 Å². The second-order valence-corrected chi connectivity index (χ2v) is 8.70. The lowest BCUT2D eigenvalue weighted by atomic mass is 9.98. The molecule has 3 N–H and O–H groups in total. The number of aromatic amines is 1. The summed E-state index contributed by atoms with van der Waals surface area (Å²) in [7, 11) is 1.62. The average Bonchev–Trinajstić information content (AvgIpc) is 3.03. The summed E-state index contributed by atoms with van der Waals surface area (Å²) in [5.74, 6) is 2.16. The molecule has 1 amide bonds. The van der Waals surface area contributed by atoms with E-state index in [0.717, 1.165) is 29.7 Å². The van der Waals surface area contributed by atoms with Crippen LogP contribution in [0.5, 0.6) is 11.5 Å². The Labute approximate surface area is 177 Å². The molecular formula is C22H32N4O4. The van der Waals surface area contributed by atoms with Crippen LogP contribution in [0.3, 0.4) is 0 Å². The fourth-order valence-electron chi connectivity index (χ4n) is 3.57. The Kier molecular flexibility index (Phi) is 6.43. The molecule has 1 aliphatic rings. The van der Waals surface area contributed by atoms with Crippen molar-refractivity contribution in [3.05, 3.63) is 23.9 Å². The molecular weight excluding hydrogens is 384 g/mol. The van der Waals surface area contributed by atoms with Gasteiger partial charge >= 0.3 is 6.09 Å². The number of carbonyl (C=O) groups is 1. The molecule has 3 rings (SSSR count). The van der Waals surface area contributed by atoms with Crippen molar-refractivity contribution in [1.82, 2.24) is 15.1 Å². The summed E-state index contributed by atoms with van der Waals surface area (Å²) in [6.07, 6.45) is 1.49. The summed E-state index contributed by atoms with van der Waals surface area (Å²) in [5.41, 5.74) is 8.22. The third-order valence-corrected chi connectivity index (χ3v) is 5.17. The fraction of sp³-hybridized carbons (Fsp3) is 0.545. The van der Waals surface area contributed by atoms with E-state index in [1.807, 2.05) is 45.9 Å². The number of piperidine rings is 1. The van der Waals surface area contributed by atoms with Crippen LogP contribution in [0.4, 0.5) is 10.6 Å². The smallest absolute Gasteiger partial charge is 0.410 e. The number of rotatable bonds is 5. The van der Waals surface area contributed by atoms with Crippen molar-refractivity contribution >= 4 is 11.9 Å². The molecule has 1 fully saturated rings. The number of hydrogen-bond acceptors (Lipinski definition) is 6. The molecule has 1 saturated heterocycles. The number of H-pyrrole nitrogens is 1. The van der Waals surface area contributed by atoms with Crippen molar-refractivity contribution in [3.8, 4) is 22.6 Å². The van der Waals surface area contributed by atoms with Crippen LogP contribution in [-0.2, 0) is 4.74 Å². The zero-order valence-electron chi connectivity index (χ0n) is 18.4. The predicted octanol–water partition coefficient (Wildman–Crippen LogP) is 4.00. The number of aryl methyl sites for hydroxylation is 1. The zero-order chi connectivity index (χ0) is 21.9. The zero-order valence-corrected chi connectivity index (χ0v) is 18.4. The van der Waals surface area contributed by atoms with Crippen molar-refractivity contribution in [1.29, 1.82) is 0 Å². The van der Waals surface area contributed by atoms with Gasteiger partial charge in [0, 0.05) is 24.3 Å². The number of nitrogens with zero attached hydrogens (tertiary/aromatic N) is 2. The van der Waals surface area contributed by atoms with Gasteiger partial charge in [-0.05, 0) is 64.2 Å². The van der Waals surface area contributed by atoms with Crippen LogP contribution >= 0.6 is 0 Å².